The molecular formula is C12H15N3O5. The standard InChI is InChI=1S/C12H15N3O5/c1-12(18)9(17)6(4-16)20-10(12)7-8-5(2-3-19-8)14-11(13)15-7/h2-3,6,9-10,16-18H,4H2,1H3,(H2,13,14,15)/t6-,9-,10?,12-/m1/s1. The van der Waals surface area contributed by atoms with Crippen molar-refractivity contribution in [1.82, 2.24) is 9.97 Å². The molecule has 2 aromatic rings. The highest BCUT2D eigenvalue weighted by Crippen LogP contribution is 2.42. The summed E-state index contributed by atoms with van der Waals surface area (Å²) in [4.78, 5) is 8.05. The number of anilines is 1. The fourth-order valence-corrected chi connectivity index (χ4v) is 2.49. The molecule has 0 spiro atoms. The molecule has 3 rings (SSSR count). The van der Waals surface area contributed by atoms with Crippen LogP contribution in [0.25, 0.3) is 11.1 Å². The lowest BCUT2D eigenvalue weighted by Crippen LogP contribution is -2.43. The van der Waals surface area contributed by atoms with Crippen LogP contribution in [0.1, 0.15) is 18.7 Å². The van der Waals surface area contributed by atoms with Crippen LogP contribution in [0, 0.1) is 0 Å². The van der Waals surface area contributed by atoms with Crippen molar-refractivity contribution in [2.45, 2.75) is 30.8 Å². The van der Waals surface area contributed by atoms with Gasteiger partial charge in [-0.1, -0.05) is 0 Å². The zero-order valence-corrected chi connectivity index (χ0v) is 10.7. The van der Waals surface area contributed by atoms with Gasteiger partial charge in [0.15, 0.2) is 5.58 Å². The number of aromatic nitrogens is 2. The molecule has 20 heavy (non-hydrogen) atoms. The molecule has 4 atom stereocenters. The number of fused-ring (bicyclic) bond motifs is 1. The highest BCUT2D eigenvalue weighted by molar-refractivity contribution is 5.76. The van der Waals surface area contributed by atoms with Gasteiger partial charge in [-0.15, -0.1) is 0 Å². The molecule has 1 fully saturated rings. The summed E-state index contributed by atoms with van der Waals surface area (Å²) in [6.07, 6.45) is -1.71. The minimum absolute atomic E-state index is 0.00948. The Morgan fingerprint density at radius 1 is 1.45 bits per heavy atom. The quantitative estimate of drug-likeness (QED) is 0.570. The predicted octanol–water partition coefficient (Wildman–Crippen LogP) is -0.651. The molecule has 8 nitrogen and oxygen atoms in total. The van der Waals surface area contributed by atoms with Crippen molar-refractivity contribution in [2.24, 2.45) is 0 Å². The molecule has 0 saturated carbocycles. The molecule has 8 heteroatoms. The van der Waals surface area contributed by atoms with Crippen molar-refractivity contribution in [2.75, 3.05) is 12.3 Å². The van der Waals surface area contributed by atoms with E-state index in [0.717, 1.165) is 0 Å². The third-order valence-corrected chi connectivity index (χ3v) is 3.57. The number of aliphatic hydroxyl groups excluding tert-OH is 2. The molecule has 108 valence electrons. The number of hydrogen-bond donors (Lipinski definition) is 4. The van der Waals surface area contributed by atoms with E-state index < -0.39 is 30.5 Å². The molecule has 1 saturated heterocycles. The lowest BCUT2D eigenvalue weighted by atomic mass is 9.91. The molecule has 0 bridgehead atoms. The average Bonchev–Trinajstić information content (AvgIpc) is 2.93. The van der Waals surface area contributed by atoms with Gasteiger partial charge in [-0.05, 0) is 6.92 Å². The SMILES string of the molecule is C[C@]1(O)C(c2nc(N)nc3ccoc23)O[C@H](CO)[C@H]1O. The summed E-state index contributed by atoms with van der Waals surface area (Å²) in [7, 11) is 0. The lowest BCUT2D eigenvalue weighted by Gasteiger charge is -2.26. The maximum atomic E-state index is 10.4. The van der Waals surface area contributed by atoms with Crippen molar-refractivity contribution >= 4 is 17.0 Å². The second-order valence-corrected chi connectivity index (χ2v) is 5.01. The van der Waals surface area contributed by atoms with Crippen molar-refractivity contribution < 1.29 is 24.5 Å². The first-order valence-electron chi connectivity index (χ1n) is 6.12. The second-order valence-electron chi connectivity index (χ2n) is 5.01. The summed E-state index contributed by atoms with van der Waals surface area (Å²) in [5, 5.41) is 29.6. The van der Waals surface area contributed by atoms with Crippen LogP contribution in [0.2, 0.25) is 0 Å². The van der Waals surface area contributed by atoms with Gasteiger partial charge in [0, 0.05) is 6.07 Å². The Hall–Kier alpha value is -1.74. The number of nitrogens with zero attached hydrogens (tertiary/aromatic N) is 2. The molecule has 0 aromatic carbocycles. The molecule has 1 unspecified atom stereocenters. The Bertz CT molecular complexity index is 641. The van der Waals surface area contributed by atoms with Crippen molar-refractivity contribution in [3.63, 3.8) is 0 Å². The van der Waals surface area contributed by atoms with E-state index >= 15 is 0 Å². The highest BCUT2D eigenvalue weighted by Gasteiger charge is 2.53. The Balaban J connectivity index is 2.13. The summed E-state index contributed by atoms with van der Waals surface area (Å²) >= 11 is 0. The summed E-state index contributed by atoms with van der Waals surface area (Å²) in [5.41, 5.74) is 5.05. The number of rotatable bonds is 2. The fraction of sp³-hybridized carbons (Fsp3) is 0.500. The van der Waals surface area contributed by atoms with Gasteiger partial charge in [-0.3, -0.25) is 0 Å². The van der Waals surface area contributed by atoms with Gasteiger partial charge in [0.2, 0.25) is 5.95 Å². The van der Waals surface area contributed by atoms with Crippen LogP contribution in [0.5, 0.6) is 0 Å². The lowest BCUT2D eigenvalue weighted by molar-refractivity contribution is -0.0656. The molecule has 0 radical (unpaired) electrons. The minimum Gasteiger partial charge on any atom is -0.461 e. The largest absolute Gasteiger partial charge is 0.461 e. The topological polar surface area (TPSA) is 135 Å². The smallest absolute Gasteiger partial charge is 0.221 e. The van der Waals surface area contributed by atoms with Gasteiger partial charge < -0.3 is 30.2 Å². The summed E-state index contributed by atoms with van der Waals surface area (Å²) in [6.45, 7) is 0.987. The molecule has 0 aliphatic carbocycles. The maximum Gasteiger partial charge on any atom is 0.221 e. The first kappa shape index (κ1) is 13.3. The minimum atomic E-state index is -1.63. The van der Waals surface area contributed by atoms with E-state index in [-0.39, 0.29) is 11.6 Å². The van der Waals surface area contributed by atoms with Crippen LogP contribution in [-0.2, 0) is 4.74 Å². The van der Waals surface area contributed by atoms with Crippen molar-refractivity contribution in [3.05, 3.63) is 18.0 Å². The van der Waals surface area contributed by atoms with Gasteiger partial charge >= 0.3 is 0 Å². The molecule has 2 aromatic heterocycles. The molecule has 0 amide bonds. The van der Waals surface area contributed by atoms with Gasteiger partial charge in [0.05, 0.1) is 12.9 Å². The van der Waals surface area contributed by atoms with E-state index in [1.54, 1.807) is 6.07 Å². The first-order valence-corrected chi connectivity index (χ1v) is 6.12. The van der Waals surface area contributed by atoms with Gasteiger partial charge in [0.1, 0.15) is 35.1 Å². The summed E-state index contributed by atoms with van der Waals surface area (Å²) in [6, 6.07) is 1.61. The van der Waals surface area contributed by atoms with Crippen LogP contribution in [0.4, 0.5) is 5.95 Å². The second kappa shape index (κ2) is 4.38. The third-order valence-electron chi connectivity index (χ3n) is 3.57. The number of furan rings is 1. The number of ether oxygens (including phenoxy) is 1. The van der Waals surface area contributed by atoms with Crippen molar-refractivity contribution in [1.29, 1.82) is 0 Å². The van der Waals surface area contributed by atoms with E-state index in [1.165, 1.54) is 13.2 Å². The normalized spacial score (nSPS) is 33.9. The molecule has 5 N–H and O–H groups in total. The van der Waals surface area contributed by atoms with E-state index in [4.69, 9.17) is 14.9 Å². The van der Waals surface area contributed by atoms with Crippen LogP contribution >= 0.6 is 0 Å². The number of hydrogen-bond acceptors (Lipinski definition) is 8. The van der Waals surface area contributed by atoms with E-state index in [1.807, 2.05) is 0 Å². The average molecular weight is 281 g/mol. The van der Waals surface area contributed by atoms with Crippen LogP contribution in [0.15, 0.2) is 16.7 Å². The van der Waals surface area contributed by atoms with E-state index in [2.05, 4.69) is 9.97 Å². The van der Waals surface area contributed by atoms with Crippen LogP contribution in [-0.4, -0.2) is 49.7 Å². The Morgan fingerprint density at radius 3 is 2.85 bits per heavy atom. The van der Waals surface area contributed by atoms with Crippen molar-refractivity contribution in [3.8, 4) is 0 Å². The predicted molar refractivity (Wildman–Crippen MR) is 67.5 cm³/mol. The monoisotopic (exact) mass is 281 g/mol. The number of nitrogens with two attached hydrogens (primary N) is 1. The van der Waals surface area contributed by atoms with E-state index in [9.17, 15) is 15.3 Å². The first-order chi connectivity index (χ1) is 9.45. The van der Waals surface area contributed by atoms with E-state index in [0.29, 0.717) is 11.1 Å². The van der Waals surface area contributed by atoms with Crippen LogP contribution < -0.4 is 5.73 Å². The van der Waals surface area contributed by atoms with Gasteiger partial charge in [-0.25, -0.2) is 9.97 Å². The molecule has 1 aliphatic heterocycles. The fourth-order valence-electron chi connectivity index (χ4n) is 2.49. The third kappa shape index (κ3) is 1.77. The van der Waals surface area contributed by atoms with Crippen LogP contribution in [0.3, 0.4) is 0 Å². The number of nitrogen functional groups attached to an aromatic ring is 1. The summed E-state index contributed by atoms with van der Waals surface area (Å²) in [5.74, 6) is 0.00948. The zero-order chi connectivity index (χ0) is 14.5. The summed E-state index contributed by atoms with van der Waals surface area (Å²) < 4.78 is 10.8. The van der Waals surface area contributed by atoms with Gasteiger partial charge in [0.25, 0.3) is 0 Å². The highest BCUT2D eigenvalue weighted by atomic mass is 16.6. The van der Waals surface area contributed by atoms with Gasteiger partial charge in [-0.2, -0.15) is 0 Å². The Kier molecular flexibility index (Phi) is 2.91. The zero-order valence-electron chi connectivity index (χ0n) is 10.7. The number of aliphatic hydroxyl groups is 3. The maximum absolute atomic E-state index is 10.4. The Morgan fingerprint density at radius 2 is 2.20 bits per heavy atom. The molecule has 1 aliphatic rings. The molecule has 3 heterocycles. The Labute approximate surface area is 113 Å². The molecular weight excluding hydrogens is 266 g/mol.